The van der Waals surface area contributed by atoms with Gasteiger partial charge in [0.05, 0.1) is 0 Å². The fourth-order valence-corrected chi connectivity index (χ4v) is 2.07. The predicted molar refractivity (Wildman–Crippen MR) is 74.9 cm³/mol. The highest BCUT2D eigenvalue weighted by atomic mass is 19.1. The lowest BCUT2D eigenvalue weighted by Gasteiger charge is -2.22. The molecule has 2 unspecified atom stereocenters. The summed E-state index contributed by atoms with van der Waals surface area (Å²) in [7, 11) is 2.05. The van der Waals surface area contributed by atoms with Crippen molar-refractivity contribution in [2.75, 3.05) is 20.1 Å². The van der Waals surface area contributed by atoms with Crippen LogP contribution >= 0.6 is 0 Å². The molecule has 0 aromatic heterocycles. The lowest BCUT2D eigenvalue weighted by molar-refractivity contribution is 0.272. The van der Waals surface area contributed by atoms with E-state index in [0.717, 1.165) is 25.6 Å². The van der Waals surface area contributed by atoms with E-state index in [-0.39, 0.29) is 6.04 Å². The zero-order chi connectivity index (χ0) is 14.4. The molecular formula is C15H24F2N2. The largest absolute Gasteiger partial charge is 0.324 e. The molecule has 1 rings (SSSR count). The van der Waals surface area contributed by atoms with Crippen molar-refractivity contribution in [2.24, 2.45) is 11.7 Å². The normalized spacial score (nSPS) is 14.7. The van der Waals surface area contributed by atoms with Crippen molar-refractivity contribution in [2.45, 2.75) is 32.7 Å². The number of benzene rings is 1. The quantitative estimate of drug-likeness (QED) is 0.823. The third-order valence-corrected chi connectivity index (χ3v) is 3.46. The Bertz CT molecular complexity index is 375. The molecule has 0 saturated carbocycles. The van der Waals surface area contributed by atoms with E-state index in [9.17, 15) is 8.78 Å². The van der Waals surface area contributed by atoms with Crippen LogP contribution in [-0.4, -0.2) is 25.0 Å². The number of hydrogen-bond acceptors (Lipinski definition) is 2. The Kier molecular flexibility index (Phi) is 6.38. The molecule has 0 heterocycles. The van der Waals surface area contributed by atoms with Crippen molar-refractivity contribution < 1.29 is 8.78 Å². The molecule has 0 radical (unpaired) electrons. The van der Waals surface area contributed by atoms with Gasteiger partial charge in [0.1, 0.15) is 11.6 Å². The first-order valence-corrected chi connectivity index (χ1v) is 6.82. The van der Waals surface area contributed by atoms with E-state index in [2.05, 4.69) is 18.7 Å². The summed E-state index contributed by atoms with van der Waals surface area (Å²) in [5, 5.41) is 0. The lowest BCUT2D eigenvalue weighted by Crippen LogP contribution is -2.27. The van der Waals surface area contributed by atoms with Crippen molar-refractivity contribution >= 4 is 0 Å². The highest BCUT2D eigenvalue weighted by Crippen LogP contribution is 2.17. The smallest absolute Gasteiger partial charge is 0.126 e. The second kappa shape index (κ2) is 7.56. The maximum atomic E-state index is 13.1. The van der Waals surface area contributed by atoms with Crippen molar-refractivity contribution in [3.63, 3.8) is 0 Å². The molecule has 19 heavy (non-hydrogen) atoms. The van der Waals surface area contributed by atoms with E-state index in [0.29, 0.717) is 17.9 Å². The van der Waals surface area contributed by atoms with Gasteiger partial charge in [0.2, 0.25) is 0 Å². The van der Waals surface area contributed by atoms with Gasteiger partial charge in [0.25, 0.3) is 0 Å². The number of nitrogens with two attached hydrogens (primary N) is 1. The number of nitrogens with zero attached hydrogens (tertiary/aromatic N) is 1. The summed E-state index contributed by atoms with van der Waals surface area (Å²) in [5.74, 6) is -0.496. The SMILES string of the molecule is CCC(C)CN(C)CCC(N)c1cc(F)cc(F)c1. The molecule has 0 fully saturated rings. The first-order valence-electron chi connectivity index (χ1n) is 6.82. The molecule has 0 aliphatic rings. The minimum Gasteiger partial charge on any atom is -0.324 e. The molecule has 2 nitrogen and oxygen atoms in total. The van der Waals surface area contributed by atoms with Gasteiger partial charge in [0.15, 0.2) is 0 Å². The molecule has 1 aromatic carbocycles. The molecular weight excluding hydrogens is 246 g/mol. The van der Waals surface area contributed by atoms with Crippen LogP contribution in [0.15, 0.2) is 18.2 Å². The van der Waals surface area contributed by atoms with Gasteiger partial charge in [-0.25, -0.2) is 8.78 Å². The zero-order valence-corrected chi connectivity index (χ0v) is 12.0. The van der Waals surface area contributed by atoms with Gasteiger partial charge in [-0.15, -0.1) is 0 Å². The zero-order valence-electron chi connectivity index (χ0n) is 12.0. The average molecular weight is 270 g/mol. The summed E-state index contributed by atoms with van der Waals surface area (Å²) in [5.41, 5.74) is 6.51. The molecule has 0 saturated heterocycles. The van der Waals surface area contributed by atoms with Gasteiger partial charge < -0.3 is 10.6 Å². The summed E-state index contributed by atoms with van der Waals surface area (Å²) >= 11 is 0. The highest BCUT2D eigenvalue weighted by Gasteiger charge is 2.11. The Balaban J connectivity index is 2.48. The van der Waals surface area contributed by atoms with Gasteiger partial charge >= 0.3 is 0 Å². The van der Waals surface area contributed by atoms with Crippen LogP contribution in [0.4, 0.5) is 8.78 Å². The molecule has 108 valence electrons. The first-order chi connectivity index (χ1) is 8.92. The Morgan fingerprint density at radius 1 is 1.21 bits per heavy atom. The van der Waals surface area contributed by atoms with E-state index in [1.165, 1.54) is 12.1 Å². The molecule has 0 bridgehead atoms. The molecule has 0 spiro atoms. The van der Waals surface area contributed by atoms with Crippen LogP contribution in [0.1, 0.15) is 38.3 Å². The van der Waals surface area contributed by atoms with Crippen molar-refractivity contribution in [1.82, 2.24) is 4.90 Å². The average Bonchev–Trinajstić information content (AvgIpc) is 2.34. The Morgan fingerprint density at radius 3 is 2.32 bits per heavy atom. The fourth-order valence-electron chi connectivity index (χ4n) is 2.07. The molecule has 2 N–H and O–H groups in total. The van der Waals surface area contributed by atoms with E-state index in [1.807, 2.05) is 7.05 Å². The van der Waals surface area contributed by atoms with Crippen LogP contribution in [0.2, 0.25) is 0 Å². The highest BCUT2D eigenvalue weighted by molar-refractivity contribution is 5.21. The Hall–Kier alpha value is -1.00. The summed E-state index contributed by atoms with van der Waals surface area (Å²) < 4.78 is 26.2. The second-order valence-corrected chi connectivity index (χ2v) is 5.37. The summed E-state index contributed by atoms with van der Waals surface area (Å²) in [6.07, 6.45) is 1.83. The van der Waals surface area contributed by atoms with Gasteiger partial charge in [-0.3, -0.25) is 0 Å². The van der Waals surface area contributed by atoms with E-state index >= 15 is 0 Å². The maximum absolute atomic E-state index is 13.1. The van der Waals surface area contributed by atoms with Crippen LogP contribution < -0.4 is 5.73 Å². The molecule has 1 aromatic rings. The second-order valence-electron chi connectivity index (χ2n) is 5.37. The maximum Gasteiger partial charge on any atom is 0.126 e. The lowest BCUT2D eigenvalue weighted by atomic mass is 10.0. The van der Waals surface area contributed by atoms with Crippen molar-refractivity contribution in [1.29, 1.82) is 0 Å². The predicted octanol–water partition coefficient (Wildman–Crippen LogP) is 3.33. The van der Waals surface area contributed by atoms with Crippen LogP contribution in [-0.2, 0) is 0 Å². The minimum absolute atomic E-state index is 0.329. The monoisotopic (exact) mass is 270 g/mol. The van der Waals surface area contributed by atoms with Gasteiger partial charge in [0, 0.05) is 18.7 Å². The number of halogens is 2. The Labute approximate surface area is 114 Å². The van der Waals surface area contributed by atoms with Crippen LogP contribution in [0.5, 0.6) is 0 Å². The van der Waals surface area contributed by atoms with Crippen LogP contribution in [0.25, 0.3) is 0 Å². The Morgan fingerprint density at radius 2 is 1.79 bits per heavy atom. The van der Waals surface area contributed by atoms with Gasteiger partial charge in [-0.1, -0.05) is 20.3 Å². The topological polar surface area (TPSA) is 29.3 Å². The van der Waals surface area contributed by atoms with Gasteiger partial charge in [-0.05, 0) is 43.6 Å². The molecule has 0 amide bonds. The van der Waals surface area contributed by atoms with Crippen molar-refractivity contribution in [3.05, 3.63) is 35.4 Å². The van der Waals surface area contributed by atoms with E-state index in [4.69, 9.17) is 5.73 Å². The van der Waals surface area contributed by atoms with Crippen LogP contribution in [0, 0.1) is 17.6 Å². The third-order valence-electron chi connectivity index (χ3n) is 3.46. The fraction of sp³-hybridized carbons (Fsp3) is 0.600. The van der Waals surface area contributed by atoms with E-state index < -0.39 is 11.6 Å². The summed E-state index contributed by atoms with van der Waals surface area (Å²) in [4.78, 5) is 2.21. The number of rotatable bonds is 7. The van der Waals surface area contributed by atoms with Gasteiger partial charge in [-0.2, -0.15) is 0 Å². The summed E-state index contributed by atoms with van der Waals surface area (Å²) in [6, 6.07) is 3.15. The molecule has 0 aliphatic carbocycles. The number of hydrogen-bond donors (Lipinski definition) is 1. The third kappa shape index (κ3) is 5.66. The molecule has 4 heteroatoms. The summed E-state index contributed by atoms with van der Waals surface area (Å²) in [6.45, 7) is 6.21. The van der Waals surface area contributed by atoms with Crippen molar-refractivity contribution in [3.8, 4) is 0 Å². The first kappa shape index (κ1) is 16.1. The molecule has 0 aliphatic heterocycles. The van der Waals surface area contributed by atoms with Crippen LogP contribution in [0.3, 0.4) is 0 Å². The minimum atomic E-state index is -0.571. The van der Waals surface area contributed by atoms with E-state index in [1.54, 1.807) is 0 Å². The standard InChI is InChI=1S/C15H24F2N2/c1-4-11(2)10-19(3)6-5-15(18)12-7-13(16)9-14(17)8-12/h7-9,11,15H,4-6,10,18H2,1-3H3. The molecule has 2 atom stereocenters.